The Morgan fingerprint density at radius 1 is 0.957 bits per heavy atom. The fraction of sp³-hybridized carbons (Fsp3) is 0.222. The number of aryl methyl sites for hydroxylation is 1. The molecule has 234 valence electrons. The van der Waals surface area contributed by atoms with Crippen LogP contribution in [0, 0.1) is 6.92 Å². The van der Waals surface area contributed by atoms with Crippen molar-refractivity contribution in [3.63, 3.8) is 0 Å². The van der Waals surface area contributed by atoms with Crippen LogP contribution in [0.3, 0.4) is 0 Å². The van der Waals surface area contributed by atoms with Gasteiger partial charge in [0.25, 0.3) is 5.56 Å². The first-order chi connectivity index (χ1) is 22.3. The van der Waals surface area contributed by atoms with Crippen molar-refractivity contribution in [1.29, 1.82) is 0 Å². The molecule has 0 spiro atoms. The third kappa shape index (κ3) is 6.57. The molecule has 9 nitrogen and oxygen atoms in total. The van der Waals surface area contributed by atoms with Crippen LogP contribution in [0.4, 0.5) is 0 Å². The molecular formula is C36H35N5O4S. The number of thiazole rings is 1. The molecule has 0 saturated heterocycles. The molecule has 0 aliphatic heterocycles. The van der Waals surface area contributed by atoms with Gasteiger partial charge in [0.05, 0.1) is 30.0 Å². The zero-order valence-electron chi connectivity index (χ0n) is 26.4. The Balaban J connectivity index is 1.34. The van der Waals surface area contributed by atoms with Gasteiger partial charge >= 0.3 is 0 Å². The van der Waals surface area contributed by atoms with Crippen LogP contribution in [0.2, 0.25) is 0 Å². The zero-order valence-corrected chi connectivity index (χ0v) is 27.2. The van der Waals surface area contributed by atoms with Crippen molar-refractivity contribution in [1.82, 2.24) is 24.4 Å². The van der Waals surface area contributed by atoms with E-state index in [-0.39, 0.29) is 11.7 Å². The van der Waals surface area contributed by atoms with Crippen LogP contribution in [-0.4, -0.2) is 44.2 Å². The highest BCUT2D eigenvalue weighted by Gasteiger charge is 2.15. The predicted octanol–water partition coefficient (Wildman–Crippen LogP) is 6.61. The van der Waals surface area contributed by atoms with Crippen LogP contribution in [0.15, 0.2) is 77.7 Å². The molecule has 0 unspecified atom stereocenters. The van der Waals surface area contributed by atoms with Gasteiger partial charge in [-0.2, -0.15) is 14.6 Å². The molecule has 6 rings (SSSR count). The summed E-state index contributed by atoms with van der Waals surface area (Å²) in [5.74, 6) is 2.63. The van der Waals surface area contributed by atoms with E-state index in [0.717, 1.165) is 45.8 Å². The molecule has 0 bridgehead atoms. The predicted molar refractivity (Wildman–Crippen MR) is 183 cm³/mol. The van der Waals surface area contributed by atoms with Gasteiger partial charge in [0.1, 0.15) is 11.4 Å². The number of benzene rings is 3. The first-order valence-electron chi connectivity index (χ1n) is 15.2. The summed E-state index contributed by atoms with van der Waals surface area (Å²) in [6.45, 7) is 8.72. The maximum absolute atomic E-state index is 13.5. The van der Waals surface area contributed by atoms with Crippen LogP contribution >= 0.6 is 11.3 Å². The molecule has 0 N–H and O–H groups in total. The van der Waals surface area contributed by atoms with Gasteiger partial charge < -0.3 is 14.2 Å². The third-order valence-electron chi connectivity index (χ3n) is 7.13. The molecule has 10 heteroatoms. The quantitative estimate of drug-likeness (QED) is 0.158. The average Bonchev–Trinajstić information content (AvgIpc) is 3.75. The Kier molecular flexibility index (Phi) is 8.98. The molecule has 6 aromatic rings. The fourth-order valence-corrected chi connectivity index (χ4v) is 5.87. The van der Waals surface area contributed by atoms with Crippen LogP contribution in [0.5, 0.6) is 17.2 Å². The number of hydrogen-bond donors (Lipinski definition) is 0. The maximum Gasteiger partial charge on any atom is 0.291 e. The van der Waals surface area contributed by atoms with E-state index in [2.05, 4.69) is 23.1 Å². The number of para-hydroxylation sites is 1. The van der Waals surface area contributed by atoms with Crippen LogP contribution in [-0.2, 0) is 0 Å². The lowest BCUT2D eigenvalue weighted by molar-refractivity contribution is 0.241. The molecule has 0 saturated carbocycles. The monoisotopic (exact) mass is 633 g/mol. The minimum atomic E-state index is -0.235. The highest BCUT2D eigenvalue weighted by molar-refractivity contribution is 7.15. The molecular weight excluding hydrogens is 598 g/mol. The third-order valence-corrected chi connectivity index (χ3v) is 8.09. The molecule has 0 amide bonds. The summed E-state index contributed by atoms with van der Waals surface area (Å²) in [6.07, 6.45) is 8.45. The lowest BCUT2D eigenvalue weighted by atomic mass is 10.0. The van der Waals surface area contributed by atoms with Gasteiger partial charge in [-0.15, -0.1) is 5.10 Å². The van der Waals surface area contributed by atoms with Crippen molar-refractivity contribution < 1.29 is 14.2 Å². The number of ether oxygens (including phenoxy) is 3. The number of methoxy groups -OCH3 is 1. The van der Waals surface area contributed by atoms with Gasteiger partial charge in [0, 0.05) is 17.3 Å². The minimum Gasteiger partial charge on any atom is -0.493 e. The normalized spacial score (nSPS) is 12.1. The van der Waals surface area contributed by atoms with Gasteiger partial charge in [-0.05, 0) is 92.9 Å². The van der Waals surface area contributed by atoms with Gasteiger partial charge in [0.15, 0.2) is 17.3 Å². The first-order valence-corrected chi connectivity index (χ1v) is 16.0. The average molecular weight is 634 g/mol. The molecule has 3 aromatic carbocycles. The summed E-state index contributed by atoms with van der Waals surface area (Å²) in [7, 11) is 1.62. The van der Waals surface area contributed by atoms with Crippen molar-refractivity contribution in [2.45, 2.75) is 40.2 Å². The van der Waals surface area contributed by atoms with E-state index in [1.54, 1.807) is 13.2 Å². The number of rotatable bonds is 11. The second-order valence-corrected chi connectivity index (χ2v) is 12.0. The van der Waals surface area contributed by atoms with Crippen molar-refractivity contribution in [3.05, 3.63) is 110 Å². The maximum atomic E-state index is 13.5. The Morgan fingerprint density at radius 2 is 1.76 bits per heavy atom. The summed E-state index contributed by atoms with van der Waals surface area (Å²) >= 11 is 1.29. The van der Waals surface area contributed by atoms with E-state index in [1.165, 1.54) is 15.9 Å². The van der Waals surface area contributed by atoms with Gasteiger partial charge in [-0.25, -0.2) is 4.68 Å². The van der Waals surface area contributed by atoms with E-state index >= 15 is 0 Å². The summed E-state index contributed by atoms with van der Waals surface area (Å²) in [5, 5.41) is 9.41. The second-order valence-electron chi connectivity index (χ2n) is 11.0. The Hall–Kier alpha value is -5.22. The van der Waals surface area contributed by atoms with Crippen molar-refractivity contribution in [2.75, 3.05) is 13.7 Å². The van der Waals surface area contributed by atoms with Crippen LogP contribution in [0.25, 0.3) is 40.1 Å². The number of hydrogen-bond acceptors (Lipinski definition) is 8. The smallest absolute Gasteiger partial charge is 0.291 e. The van der Waals surface area contributed by atoms with Crippen molar-refractivity contribution >= 4 is 34.5 Å². The highest BCUT2D eigenvalue weighted by Crippen LogP contribution is 2.30. The van der Waals surface area contributed by atoms with E-state index in [0.29, 0.717) is 33.4 Å². The van der Waals surface area contributed by atoms with Crippen molar-refractivity contribution in [2.24, 2.45) is 0 Å². The van der Waals surface area contributed by atoms with Gasteiger partial charge in [0.2, 0.25) is 4.96 Å². The number of aromatic nitrogens is 5. The molecule has 46 heavy (non-hydrogen) atoms. The topological polar surface area (TPSA) is 92.8 Å². The van der Waals surface area contributed by atoms with E-state index < -0.39 is 0 Å². The number of fused-ring (bicyclic) bond motifs is 1. The van der Waals surface area contributed by atoms with Crippen LogP contribution in [0.1, 0.15) is 49.7 Å². The Labute approximate surface area is 271 Å². The molecule has 0 atom stereocenters. The lowest BCUT2D eigenvalue weighted by Crippen LogP contribution is -2.23. The molecule has 0 fully saturated rings. The van der Waals surface area contributed by atoms with Crippen molar-refractivity contribution in [3.8, 4) is 34.2 Å². The minimum absolute atomic E-state index is 0.0732. The Morgan fingerprint density at radius 3 is 2.48 bits per heavy atom. The molecule has 0 aliphatic rings. The summed E-state index contributed by atoms with van der Waals surface area (Å²) < 4.78 is 20.9. The Bertz CT molecular complexity index is 2130. The molecule has 3 aromatic heterocycles. The fourth-order valence-electron chi connectivity index (χ4n) is 4.96. The lowest BCUT2D eigenvalue weighted by Gasteiger charge is -2.13. The first kappa shape index (κ1) is 30.8. The molecule has 0 aliphatic carbocycles. The SMILES string of the molecule is CCCOc1ccc(/C=C/c2nc3s/c(=C\c4cn(-c5ccccc5)nc4-c4ccc(OC(C)C)c(C)c4)c(=O)n3n2)cc1OC. The van der Waals surface area contributed by atoms with Gasteiger partial charge in [-0.3, -0.25) is 4.79 Å². The largest absolute Gasteiger partial charge is 0.493 e. The summed E-state index contributed by atoms with van der Waals surface area (Å²) in [6, 6.07) is 21.6. The second kappa shape index (κ2) is 13.4. The molecule has 0 radical (unpaired) electrons. The summed E-state index contributed by atoms with van der Waals surface area (Å²) in [4.78, 5) is 18.6. The number of nitrogens with zero attached hydrogens (tertiary/aromatic N) is 5. The standard InChI is InChI=1S/C36H35N5O4S/c1-6-18-44-30-15-12-25(20-31(30)43-5)13-17-33-37-36-41(38-33)35(42)32(46-36)21-27-22-40(28-10-8-7-9-11-28)39-34(27)26-14-16-29(24(4)19-26)45-23(2)3/h7-17,19-23H,6,18H2,1-5H3/b17-13+,32-21-. The van der Waals surface area contributed by atoms with E-state index in [1.807, 2.05) is 104 Å². The summed E-state index contributed by atoms with van der Waals surface area (Å²) in [5.41, 5.74) is 5.08. The van der Waals surface area contributed by atoms with E-state index in [9.17, 15) is 4.79 Å². The zero-order chi connectivity index (χ0) is 32.2. The van der Waals surface area contributed by atoms with E-state index in [4.69, 9.17) is 19.3 Å². The molecule has 3 heterocycles. The van der Waals surface area contributed by atoms with Crippen LogP contribution < -0.4 is 24.3 Å². The van der Waals surface area contributed by atoms with Gasteiger partial charge in [-0.1, -0.05) is 48.6 Å². The highest BCUT2D eigenvalue weighted by atomic mass is 32.1.